The first-order valence-corrected chi connectivity index (χ1v) is 11.4. The van der Waals surface area contributed by atoms with E-state index in [2.05, 4.69) is 26.1 Å². The van der Waals surface area contributed by atoms with Crippen LogP contribution in [0.4, 0.5) is 0 Å². The zero-order valence-corrected chi connectivity index (χ0v) is 17.9. The SMILES string of the molecule is O=S(=O)(c1ccc(Br)cc1)N1CCCC(c2nc(-c3cccc(Cl)c3)no2)C1. The van der Waals surface area contributed by atoms with Crippen molar-refractivity contribution in [3.05, 3.63) is 63.9 Å². The Morgan fingerprint density at radius 2 is 1.96 bits per heavy atom. The van der Waals surface area contributed by atoms with Crippen molar-refractivity contribution in [3.63, 3.8) is 0 Å². The third kappa shape index (κ3) is 4.00. The molecule has 9 heteroatoms. The molecule has 2 heterocycles. The average molecular weight is 483 g/mol. The number of aromatic nitrogens is 2. The monoisotopic (exact) mass is 481 g/mol. The van der Waals surface area contributed by atoms with Crippen molar-refractivity contribution in [2.75, 3.05) is 13.1 Å². The van der Waals surface area contributed by atoms with E-state index in [0.29, 0.717) is 29.8 Å². The van der Waals surface area contributed by atoms with Gasteiger partial charge in [-0.15, -0.1) is 0 Å². The van der Waals surface area contributed by atoms with Crippen LogP contribution < -0.4 is 0 Å². The normalized spacial score (nSPS) is 18.3. The maximum atomic E-state index is 13.0. The number of hydrogen-bond donors (Lipinski definition) is 0. The van der Waals surface area contributed by atoms with Gasteiger partial charge in [-0.05, 0) is 49.2 Å². The molecule has 0 spiro atoms. The molecule has 0 saturated carbocycles. The van der Waals surface area contributed by atoms with Crippen LogP contribution in [-0.4, -0.2) is 36.0 Å². The summed E-state index contributed by atoms with van der Waals surface area (Å²) in [6, 6.07) is 13.9. The van der Waals surface area contributed by atoms with Crippen molar-refractivity contribution in [1.29, 1.82) is 0 Å². The molecule has 0 amide bonds. The van der Waals surface area contributed by atoms with Crippen LogP contribution in [0.1, 0.15) is 24.7 Å². The molecule has 1 aliphatic rings. The molecule has 1 fully saturated rings. The topological polar surface area (TPSA) is 76.3 Å². The standard InChI is InChI=1S/C19H17BrClN3O3S/c20-15-6-8-17(9-7-15)28(25,26)24-10-2-4-14(12-24)19-22-18(23-27-19)13-3-1-5-16(21)11-13/h1,3,5-9,11,14H,2,4,10,12H2. The molecule has 28 heavy (non-hydrogen) atoms. The Morgan fingerprint density at radius 3 is 2.71 bits per heavy atom. The van der Waals surface area contributed by atoms with Crippen molar-refractivity contribution < 1.29 is 12.9 Å². The molecular weight excluding hydrogens is 466 g/mol. The van der Waals surface area contributed by atoms with Crippen molar-refractivity contribution in [3.8, 4) is 11.4 Å². The number of halogens is 2. The van der Waals surface area contributed by atoms with E-state index in [4.69, 9.17) is 16.1 Å². The van der Waals surface area contributed by atoms with E-state index >= 15 is 0 Å². The summed E-state index contributed by atoms with van der Waals surface area (Å²) in [5.41, 5.74) is 0.762. The number of nitrogens with zero attached hydrogens (tertiary/aromatic N) is 3. The van der Waals surface area contributed by atoms with Crippen LogP contribution in [0.15, 0.2) is 62.4 Å². The molecule has 0 aliphatic carbocycles. The van der Waals surface area contributed by atoms with Gasteiger partial charge in [-0.3, -0.25) is 0 Å². The second-order valence-corrected chi connectivity index (χ2v) is 9.91. The van der Waals surface area contributed by atoms with Gasteiger partial charge in [-0.1, -0.05) is 44.8 Å². The van der Waals surface area contributed by atoms with Crippen LogP contribution in [0, 0.1) is 0 Å². The Hall–Kier alpha value is -1.74. The van der Waals surface area contributed by atoms with E-state index in [1.54, 1.807) is 36.4 Å². The third-order valence-electron chi connectivity index (χ3n) is 4.71. The van der Waals surface area contributed by atoms with Crippen LogP contribution in [0.25, 0.3) is 11.4 Å². The maximum absolute atomic E-state index is 13.0. The Bertz CT molecular complexity index is 1090. The molecule has 4 rings (SSSR count). The first kappa shape index (κ1) is 19.6. The molecule has 6 nitrogen and oxygen atoms in total. The molecular formula is C19H17BrClN3O3S. The van der Waals surface area contributed by atoms with Gasteiger partial charge in [0.2, 0.25) is 21.7 Å². The van der Waals surface area contributed by atoms with Crippen molar-refractivity contribution in [1.82, 2.24) is 14.4 Å². The lowest BCUT2D eigenvalue weighted by molar-refractivity contribution is 0.265. The maximum Gasteiger partial charge on any atom is 0.243 e. The van der Waals surface area contributed by atoms with E-state index in [1.165, 1.54) is 4.31 Å². The number of piperidine rings is 1. The molecule has 1 saturated heterocycles. The highest BCUT2D eigenvalue weighted by Crippen LogP contribution is 2.31. The molecule has 1 atom stereocenters. The van der Waals surface area contributed by atoms with Crippen LogP contribution in [0.3, 0.4) is 0 Å². The zero-order chi connectivity index (χ0) is 19.7. The predicted molar refractivity (Wildman–Crippen MR) is 110 cm³/mol. The fourth-order valence-corrected chi connectivity index (χ4v) is 5.24. The van der Waals surface area contributed by atoms with Gasteiger partial charge in [-0.25, -0.2) is 8.42 Å². The van der Waals surface area contributed by atoms with Gasteiger partial charge in [0.1, 0.15) is 0 Å². The third-order valence-corrected chi connectivity index (χ3v) is 7.35. The summed E-state index contributed by atoms with van der Waals surface area (Å²) in [4.78, 5) is 4.76. The van der Waals surface area contributed by atoms with Gasteiger partial charge in [0.05, 0.1) is 10.8 Å². The fraction of sp³-hybridized carbons (Fsp3) is 0.263. The molecule has 0 N–H and O–H groups in total. The summed E-state index contributed by atoms with van der Waals surface area (Å²) < 4.78 is 33.7. The van der Waals surface area contributed by atoms with Crippen molar-refractivity contribution >= 4 is 37.6 Å². The summed E-state index contributed by atoms with van der Waals surface area (Å²) in [7, 11) is -3.57. The van der Waals surface area contributed by atoms with Crippen LogP contribution in [-0.2, 0) is 10.0 Å². The highest BCUT2D eigenvalue weighted by Gasteiger charge is 2.33. The Labute approximate surface area is 176 Å². The largest absolute Gasteiger partial charge is 0.339 e. The van der Waals surface area contributed by atoms with Crippen LogP contribution in [0.2, 0.25) is 5.02 Å². The summed E-state index contributed by atoms with van der Waals surface area (Å²) in [6.07, 6.45) is 1.53. The van der Waals surface area contributed by atoms with Gasteiger partial charge in [0.25, 0.3) is 0 Å². The Kier molecular flexibility index (Phi) is 5.55. The minimum atomic E-state index is -3.57. The lowest BCUT2D eigenvalue weighted by Gasteiger charge is -2.30. The molecule has 3 aromatic rings. The predicted octanol–water partition coefficient (Wildman–Crippen LogP) is 4.72. The average Bonchev–Trinajstić information content (AvgIpc) is 3.19. The smallest absolute Gasteiger partial charge is 0.243 e. The van der Waals surface area contributed by atoms with Crippen molar-refractivity contribution in [2.24, 2.45) is 0 Å². The molecule has 2 aromatic carbocycles. The molecule has 0 bridgehead atoms. The number of rotatable bonds is 4. The highest BCUT2D eigenvalue weighted by atomic mass is 79.9. The second kappa shape index (κ2) is 7.94. The van der Waals surface area contributed by atoms with Gasteiger partial charge in [0.15, 0.2) is 0 Å². The van der Waals surface area contributed by atoms with Gasteiger partial charge in [-0.2, -0.15) is 9.29 Å². The van der Waals surface area contributed by atoms with E-state index in [-0.39, 0.29) is 10.8 Å². The summed E-state index contributed by atoms with van der Waals surface area (Å²) in [5, 5.41) is 4.63. The molecule has 1 aromatic heterocycles. The van der Waals surface area contributed by atoms with E-state index < -0.39 is 10.0 Å². The highest BCUT2D eigenvalue weighted by molar-refractivity contribution is 9.10. The number of benzene rings is 2. The van der Waals surface area contributed by atoms with Crippen LogP contribution in [0.5, 0.6) is 0 Å². The van der Waals surface area contributed by atoms with E-state index in [0.717, 1.165) is 22.9 Å². The molecule has 0 radical (unpaired) electrons. The van der Waals surface area contributed by atoms with Crippen LogP contribution >= 0.6 is 27.5 Å². The van der Waals surface area contributed by atoms with E-state index in [9.17, 15) is 8.42 Å². The lowest BCUT2D eigenvalue weighted by Crippen LogP contribution is -2.39. The zero-order valence-electron chi connectivity index (χ0n) is 14.8. The minimum absolute atomic E-state index is 0.139. The summed E-state index contributed by atoms with van der Waals surface area (Å²) in [6.45, 7) is 0.791. The minimum Gasteiger partial charge on any atom is -0.339 e. The molecule has 146 valence electrons. The van der Waals surface area contributed by atoms with Crippen molar-refractivity contribution in [2.45, 2.75) is 23.7 Å². The van der Waals surface area contributed by atoms with Gasteiger partial charge < -0.3 is 4.52 Å². The molecule has 1 aliphatic heterocycles. The quantitative estimate of drug-likeness (QED) is 0.538. The number of sulfonamides is 1. The summed E-state index contributed by atoms with van der Waals surface area (Å²) >= 11 is 9.36. The molecule has 1 unspecified atom stereocenters. The first-order chi connectivity index (χ1) is 13.4. The lowest BCUT2D eigenvalue weighted by atomic mass is 10.00. The van der Waals surface area contributed by atoms with Gasteiger partial charge in [0, 0.05) is 28.1 Å². The fourth-order valence-electron chi connectivity index (χ4n) is 3.26. The number of hydrogen-bond acceptors (Lipinski definition) is 5. The summed E-state index contributed by atoms with van der Waals surface area (Å²) in [5.74, 6) is 0.760. The van der Waals surface area contributed by atoms with E-state index in [1.807, 2.05) is 12.1 Å². The first-order valence-electron chi connectivity index (χ1n) is 8.79. The second-order valence-electron chi connectivity index (χ2n) is 6.62. The Morgan fingerprint density at radius 1 is 1.18 bits per heavy atom. The van der Waals surface area contributed by atoms with Gasteiger partial charge >= 0.3 is 0 Å². The Balaban J connectivity index is 1.55.